The third-order valence-corrected chi connectivity index (χ3v) is 7.47. The first-order valence-electron chi connectivity index (χ1n) is 12.8. The van der Waals surface area contributed by atoms with Crippen molar-refractivity contribution in [3.8, 4) is 11.5 Å². The number of nitrogens with zero attached hydrogens (tertiary/aromatic N) is 2. The maximum atomic E-state index is 5.39. The van der Waals surface area contributed by atoms with Gasteiger partial charge in [0.05, 0.1) is 19.9 Å². The summed E-state index contributed by atoms with van der Waals surface area (Å²) in [4.78, 5) is 7.70. The molecule has 0 unspecified atom stereocenters. The molecule has 0 spiro atoms. The predicted molar refractivity (Wildman–Crippen MR) is 171 cm³/mol. The lowest BCUT2D eigenvalue weighted by atomic mass is 10.1. The van der Waals surface area contributed by atoms with Crippen molar-refractivity contribution in [1.82, 2.24) is 4.90 Å². The van der Waals surface area contributed by atoms with E-state index in [9.17, 15) is 0 Å². The van der Waals surface area contributed by atoms with Crippen molar-refractivity contribution in [3.05, 3.63) is 124 Å². The van der Waals surface area contributed by atoms with Crippen molar-refractivity contribution in [1.29, 1.82) is 0 Å². The molecule has 0 fully saturated rings. The number of thioether (sulfide) groups is 1. The Morgan fingerprint density at radius 1 is 0.692 bits per heavy atom. The number of hydrogen-bond acceptors (Lipinski definition) is 4. The van der Waals surface area contributed by atoms with Gasteiger partial charge < -0.3 is 14.4 Å². The molecule has 39 heavy (non-hydrogen) atoms. The summed E-state index contributed by atoms with van der Waals surface area (Å²) < 4.78 is 10.8. The van der Waals surface area contributed by atoms with Gasteiger partial charge in [0.15, 0.2) is 5.17 Å². The van der Waals surface area contributed by atoms with Crippen molar-refractivity contribution < 1.29 is 9.47 Å². The van der Waals surface area contributed by atoms with Gasteiger partial charge >= 0.3 is 0 Å². The standard InChI is InChI=1S/C33H36N2O2S.BrH/c1-24-19-25(2)32(26(3)20-24)34-33(38-23-29-9-7-6-8-10-29)35(21-27-11-15-30(36-4)16-12-27)22-28-13-17-31(37-5)18-14-28;/h6-20H,21-23H2,1-5H3;1H. The van der Waals surface area contributed by atoms with Crippen molar-refractivity contribution >= 4 is 39.6 Å². The quantitative estimate of drug-likeness (QED) is 0.141. The highest BCUT2D eigenvalue weighted by Crippen LogP contribution is 2.30. The van der Waals surface area contributed by atoms with Gasteiger partial charge in [-0.2, -0.15) is 0 Å². The van der Waals surface area contributed by atoms with E-state index in [0.29, 0.717) is 0 Å². The second-order valence-corrected chi connectivity index (χ2v) is 10.4. The summed E-state index contributed by atoms with van der Waals surface area (Å²) in [7, 11) is 3.39. The number of hydrogen-bond donors (Lipinski definition) is 0. The van der Waals surface area contributed by atoms with Crippen molar-refractivity contribution in [2.45, 2.75) is 39.6 Å². The van der Waals surface area contributed by atoms with E-state index in [1.54, 1.807) is 26.0 Å². The van der Waals surface area contributed by atoms with Crippen LogP contribution in [-0.4, -0.2) is 24.3 Å². The normalized spacial score (nSPS) is 11.1. The van der Waals surface area contributed by atoms with Gasteiger partial charge in [-0.3, -0.25) is 0 Å². The fourth-order valence-electron chi connectivity index (χ4n) is 4.45. The molecule has 0 aromatic heterocycles. The van der Waals surface area contributed by atoms with Crippen LogP contribution in [0.15, 0.2) is 96.0 Å². The smallest absolute Gasteiger partial charge is 0.165 e. The van der Waals surface area contributed by atoms with E-state index >= 15 is 0 Å². The zero-order valence-corrected chi connectivity index (χ0v) is 25.8. The molecule has 0 radical (unpaired) electrons. The summed E-state index contributed by atoms with van der Waals surface area (Å²) in [5.41, 5.74) is 8.35. The molecular formula is C33H37BrN2O2S. The van der Waals surface area contributed by atoms with Crippen LogP contribution in [0, 0.1) is 20.8 Å². The largest absolute Gasteiger partial charge is 0.497 e. The Kier molecular flexibility index (Phi) is 11.5. The topological polar surface area (TPSA) is 34.1 Å². The average Bonchev–Trinajstić information content (AvgIpc) is 2.93. The van der Waals surface area contributed by atoms with Crippen LogP contribution >= 0.6 is 28.7 Å². The van der Waals surface area contributed by atoms with Gasteiger partial charge in [0.1, 0.15) is 11.5 Å². The molecule has 4 nitrogen and oxygen atoms in total. The first-order valence-corrected chi connectivity index (χ1v) is 13.8. The number of amidine groups is 1. The summed E-state index contributed by atoms with van der Waals surface area (Å²) in [6.45, 7) is 7.88. The maximum absolute atomic E-state index is 5.39. The third-order valence-electron chi connectivity index (χ3n) is 6.39. The van der Waals surface area contributed by atoms with Gasteiger partial charge in [-0.15, -0.1) is 17.0 Å². The minimum absolute atomic E-state index is 0. The molecule has 0 N–H and O–H groups in total. The minimum Gasteiger partial charge on any atom is -0.497 e. The monoisotopic (exact) mass is 604 g/mol. The van der Waals surface area contributed by atoms with Gasteiger partial charge in [-0.05, 0) is 72.9 Å². The van der Waals surface area contributed by atoms with Crippen LogP contribution in [0.25, 0.3) is 0 Å². The number of aliphatic imine (C=N–C) groups is 1. The fourth-order valence-corrected chi connectivity index (χ4v) is 5.41. The Morgan fingerprint density at radius 3 is 1.64 bits per heavy atom. The Labute approximate surface area is 247 Å². The van der Waals surface area contributed by atoms with E-state index in [0.717, 1.165) is 41.2 Å². The van der Waals surface area contributed by atoms with Crippen LogP contribution in [0.3, 0.4) is 0 Å². The minimum atomic E-state index is 0. The van der Waals surface area contributed by atoms with Gasteiger partial charge in [-0.25, -0.2) is 4.99 Å². The Bertz CT molecular complexity index is 1280. The SMILES string of the molecule is Br.COc1ccc(CN(Cc2ccc(OC)cc2)C(=Nc2c(C)cc(C)cc2C)SCc2ccccc2)cc1. The van der Waals surface area contributed by atoms with Gasteiger partial charge in [0.2, 0.25) is 0 Å². The van der Waals surface area contributed by atoms with E-state index in [4.69, 9.17) is 14.5 Å². The van der Waals surface area contributed by atoms with Gasteiger partial charge in [0, 0.05) is 18.8 Å². The van der Waals surface area contributed by atoms with E-state index < -0.39 is 0 Å². The number of aryl methyl sites for hydroxylation is 3. The first kappa shape index (κ1) is 30.3. The molecule has 0 aliphatic carbocycles. The molecule has 4 rings (SSSR count). The van der Waals surface area contributed by atoms with Crippen molar-refractivity contribution in [2.24, 2.45) is 4.99 Å². The predicted octanol–water partition coefficient (Wildman–Crippen LogP) is 8.83. The zero-order valence-electron chi connectivity index (χ0n) is 23.3. The highest BCUT2D eigenvalue weighted by atomic mass is 79.9. The molecule has 0 amide bonds. The third kappa shape index (κ3) is 8.64. The molecule has 4 aromatic carbocycles. The second-order valence-electron chi connectivity index (χ2n) is 9.47. The molecular weight excluding hydrogens is 568 g/mol. The molecule has 204 valence electrons. The summed E-state index contributed by atoms with van der Waals surface area (Å²) in [5, 5.41) is 0.996. The lowest BCUT2D eigenvalue weighted by molar-refractivity contribution is 0.405. The lowest BCUT2D eigenvalue weighted by Gasteiger charge is -2.27. The van der Waals surface area contributed by atoms with Crippen molar-refractivity contribution in [2.75, 3.05) is 14.2 Å². The summed E-state index contributed by atoms with van der Waals surface area (Å²) in [6, 6.07) is 31.6. The Hall–Kier alpha value is -3.22. The molecule has 0 aliphatic heterocycles. The molecule has 0 saturated heterocycles. The van der Waals surface area contributed by atoms with Crippen LogP contribution in [0.1, 0.15) is 33.4 Å². The van der Waals surface area contributed by atoms with E-state index in [-0.39, 0.29) is 17.0 Å². The highest BCUT2D eigenvalue weighted by Gasteiger charge is 2.17. The van der Waals surface area contributed by atoms with Crippen LogP contribution in [0.4, 0.5) is 5.69 Å². The van der Waals surface area contributed by atoms with Crippen LogP contribution < -0.4 is 9.47 Å². The molecule has 6 heteroatoms. The number of methoxy groups -OCH3 is 2. The number of benzene rings is 4. The molecule has 0 aliphatic rings. The van der Waals surface area contributed by atoms with Crippen LogP contribution in [0.5, 0.6) is 11.5 Å². The Balaban J connectivity index is 0.00000420. The molecule has 0 atom stereocenters. The lowest BCUT2D eigenvalue weighted by Crippen LogP contribution is -2.28. The number of ether oxygens (including phenoxy) is 2. The van der Waals surface area contributed by atoms with E-state index in [2.05, 4.69) is 92.4 Å². The Morgan fingerprint density at radius 2 is 1.18 bits per heavy atom. The van der Waals surface area contributed by atoms with E-state index in [1.807, 2.05) is 24.3 Å². The van der Waals surface area contributed by atoms with Crippen LogP contribution in [0.2, 0.25) is 0 Å². The molecule has 4 aromatic rings. The molecule has 0 heterocycles. The molecule has 0 saturated carbocycles. The summed E-state index contributed by atoms with van der Waals surface area (Å²) >= 11 is 1.78. The summed E-state index contributed by atoms with van der Waals surface area (Å²) in [6.07, 6.45) is 0. The second kappa shape index (κ2) is 14.8. The maximum Gasteiger partial charge on any atom is 0.165 e. The highest BCUT2D eigenvalue weighted by molar-refractivity contribution is 8.93. The van der Waals surface area contributed by atoms with E-state index in [1.165, 1.54) is 33.4 Å². The van der Waals surface area contributed by atoms with Gasteiger partial charge in [0.25, 0.3) is 0 Å². The van der Waals surface area contributed by atoms with Gasteiger partial charge in [-0.1, -0.05) is 84.1 Å². The fraction of sp³-hybridized carbons (Fsp3) is 0.242. The average molecular weight is 606 g/mol. The van der Waals surface area contributed by atoms with Crippen molar-refractivity contribution in [3.63, 3.8) is 0 Å². The first-order chi connectivity index (χ1) is 18.4. The summed E-state index contributed by atoms with van der Waals surface area (Å²) in [5.74, 6) is 2.55. The number of rotatable bonds is 9. The molecule has 0 bridgehead atoms. The van der Waals surface area contributed by atoms with Crippen LogP contribution in [-0.2, 0) is 18.8 Å². The number of halogens is 1. The zero-order chi connectivity index (χ0) is 26.9.